The second kappa shape index (κ2) is 6.24. The summed E-state index contributed by atoms with van der Waals surface area (Å²) < 4.78 is 37.3. The lowest BCUT2D eigenvalue weighted by atomic mass is 10.1. The topological polar surface area (TPSA) is 33.2 Å². The predicted molar refractivity (Wildman–Crippen MR) is 69.8 cm³/mol. The molecule has 0 fully saturated rings. The van der Waals surface area contributed by atoms with Gasteiger partial charge in [0.05, 0.1) is 0 Å². The summed E-state index contributed by atoms with van der Waals surface area (Å²) in [4.78, 5) is 17.1. The van der Waals surface area contributed by atoms with E-state index in [4.69, 9.17) is 0 Å². The largest absolute Gasteiger partial charge is 0.433 e. The number of carbonyl (C=O) groups excluding carboxylic acids is 1. The zero-order chi connectivity index (χ0) is 15.5. The lowest BCUT2D eigenvalue weighted by Crippen LogP contribution is -2.39. The van der Waals surface area contributed by atoms with Crippen molar-refractivity contribution in [2.75, 3.05) is 0 Å². The molecule has 1 rings (SSSR count). The van der Waals surface area contributed by atoms with Crippen molar-refractivity contribution in [3.05, 3.63) is 29.6 Å². The average Bonchev–Trinajstić information content (AvgIpc) is 2.34. The van der Waals surface area contributed by atoms with E-state index in [1.54, 1.807) is 18.7 Å². The van der Waals surface area contributed by atoms with Crippen molar-refractivity contribution >= 4 is 5.91 Å². The molecule has 0 radical (unpaired) electrons. The zero-order valence-electron chi connectivity index (χ0n) is 12.0. The van der Waals surface area contributed by atoms with Crippen LogP contribution in [0.1, 0.15) is 39.0 Å². The smallest absolute Gasteiger partial charge is 0.336 e. The predicted octanol–water partition coefficient (Wildman–Crippen LogP) is 3.49. The molecule has 112 valence electrons. The van der Waals surface area contributed by atoms with E-state index in [1.165, 1.54) is 12.3 Å². The number of hydrogen-bond acceptors (Lipinski definition) is 2. The summed E-state index contributed by atoms with van der Waals surface area (Å²) in [5, 5.41) is 0. The molecule has 0 N–H and O–H groups in total. The molecule has 0 spiro atoms. The van der Waals surface area contributed by atoms with Gasteiger partial charge in [-0.05, 0) is 25.5 Å². The standard InChI is InChI=1S/C14H19F3N2O/c1-9(2)13(20)19(10(3)4)8-11-5-6-12(18-7-11)14(15,16)17/h5-7,9-10H,8H2,1-4H3. The van der Waals surface area contributed by atoms with E-state index in [-0.39, 0.29) is 24.4 Å². The zero-order valence-corrected chi connectivity index (χ0v) is 12.0. The van der Waals surface area contributed by atoms with Gasteiger partial charge in [0.2, 0.25) is 5.91 Å². The van der Waals surface area contributed by atoms with Crippen LogP contribution in [0.15, 0.2) is 18.3 Å². The first kappa shape index (κ1) is 16.5. The summed E-state index contributed by atoms with van der Waals surface area (Å²) in [5.41, 5.74) is -0.340. The lowest BCUT2D eigenvalue weighted by molar-refractivity contribution is -0.141. The molecular formula is C14H19F3N2O. The van der Waals surface area contributed by atoms with Crippen LogP contribution in [0, 0.1) is 5.92 Å². The number of alkyl halides is 3. The van der Waals surface area contributed by atoms with E-state index in [0.29, 0.717) is 5.56 Å². The number of rotatable bonds is 4. The van der Waals surface area contributed by atoms with Gasteiger partial charge in [-0.1, -0.05) is 19.9 Å². The minimum atomic E-state index is -4.44. The van der Waals surface area contributed by atoms with Crippen LogP contribution in [0.3, 0.4) is 0 Å². The Hall–Kier alpha value is -1.59. The van der Waals surface area contributed by atoms with Gasteiger partial charge in [-0.2, -0.15) is 13.2 Å². The minimum Gasteiger partial charge on any atom is -0.336 e. The van der Waals surface area contributed by atoms with Gasteiger partial charge in [-0.25, -0.2) is 0 Å². The summed E-state index contributed by atoms with van der Waals surface area (Å²) in [7, 11) is 0. The maximum absolute atomic E-state index is 12.4. The summed E-state index contributed by atoms with van der Waals surface area (Å²) in [6.45, 7) is 7.60. The van der Waals surface area contributed by atoms with Gasteiger partial charge >= 0.3 is 6.18 Å². The highest BCUT2D eigenvalue weighted by Crippen LogP contribution is 2.27. The highest BCUT2D eigenvalue weighted by Gasteiger charge is 2.32. The highest BCUT2D eigenvalue weighted by molar-refractivity contribution is 5.78. The van der Waals surface area contributed by atoms with Crippen molar-refractivity contribution < 1.29 is 18.0 Å². The average molecular weight is 288 g/mol. The van der Waals surface area contributed by atoms with Crippen molar-refractivity contribution in [3.63, 3.8) is 0 Å². The van der Waals surface area contributed by atoms with Gasteiger partial charge in [0.1, 0.15) is 5.69 Å². The number of amides is 1. The molecule has 0 unspecified atom stereocenters. The molecule has 0 bridgehead atoms. The van der Waals surface area contributed by atoms with E-state index in [9.17, 15) is 18.0 Å². The fourth-order valence-electron chi connectivity index (χ4n) is 1.73. The molecule has 0 aromatic carbocycles. The fourth-order valence-corrected chi connectivity index (χ4v) is 1.73. The van der Waals surface area contributed by atoms with Gasteiger partial charge in [0.25, 0.3) is 0 Å². The van der Waals surface area contributed by atoms with Crippen molar-refractivity contribution in [2.45, 2.75) is 46.5 Å². The van der Waals surface area contributed by atoms with Gasteiger partial charge in [0.15, 0.2) is 0 Å². The first-order valence-corrected chi connectivity index (χ1v) is 6.45. The lowest BCUT2D eigenvalue weighted by Gasteiger charge is -2.28. The second-order valence-corrected chi connectivity index (χ2v) is 5.26. The number of aromatic nitrogens is 1. The monoisotopic (exact) mass is 288 g/mol. The van der Waals surface area contributed by atoms with Crippen LogP contribution >= 0.6 is 0 Å². The fraction of sp³-hybridized carbons (Fsp3) is 0.571. The molecule has 0 aliphatic carbocycles. The summed E-state index contributed by atoms with van der Waals surface area (Å²) >= 11 is 0. The van der Waals surface area contributed by atoms with Crippen LogP contribution in [0.2, 0.25) is 0 Å². The van der Waals surface area contributed by atoms with Crippen molar-refractivity contribution in [1.29, 1.82) is 0 Å². The van der Waals surface area contributed by atoms with Crippen LogP contribution in [-0.2, 0) is 17.5 Å². The first-order chi connectivity index (χ1) is 9.12. The van der Waals surface area contributed by atoms with Gasteiger partial charge in [-0.15, -0.1) is 0 Å². The SMILES string of the molecule is CC(C)C(=O)N(Cc1ccc(C(F)(F)F)nc1)C(C)C. The minimum absolute atomic E-state index is 0.0211. The third-order valence-electron chi connectivity index (χ3n) is 2.87. The van der Waals surface area contributed by atoms with Crippen molar-refractivity contribution in [3.8, 4) is 0 Å². The Morgan fingerprint density at radius 1 is 1.25 bits per heavy atom. The molecule has 6 heteroatoms. The maximum Gasteiger partial charge on any atom is 0.433 e. The molecule has 0 atom stereocenters. The van der Waals surface area contributed by atoms with E-state index >= 15 is 0 Å². The van der Waals surface area contributed by atoms with Crippen LogP contribution in [-0.4, -0.2) is 21.8 Å². The van der Waals surface area contributed by atoms with Crippen LogP contribution in [0.5, 0.6) is 0 Å². The molecule has 0 aliphatic rings. The van der Waals surface area contributed by atoms with E-state index < -0.39 is 11.9 Å². The number of pyridine rings is 1. The summed E-state index contributed by atoms with van der Waals surface area (Å²) in [5.74, 6) is -0.181. The Bertz CT molecular complexity index is 452. The van der Waals surface area contributed by atoms with E-state index in [0.717, 1.165) is 6.07 Å². The molecule has 1 heterocycles. The molecule has 1 aromatic rings. The van der Waals surface area contributed by atoms with Crippen LogP contribution in [0.25, 0.3) is 0 Å². The molecule has 0 saturated carbocycles. The molecule has 20 heavy (non-hydrogen) atoms. The van der Waals surface area contributed by atoms with Crippen LogP contribution < -0.4 is 0 Å². The third kappa shape index (κ3) is 4.21. The molecular weight excluding hydrogens is 269 g/mol. The Kier molecular flexibility index (Phi) is 5.14. The Morgan fingerprint density at radius 3 is 2.20 bits per heavy atom. The number of nitrogens with zero attached hydrogens (tertiary/aromatic N) is 2. The quantitative estimate of drug-likeness (QED) is 0.849. The molecule has 3 nitrogen and oxygen atoms in total. The van der Waals surface area contributed by atoms with Crippen LogP contribution in [0.4, 0.5) is 13.2 Å². The van der Waals surface area contributed by atoms with Crippen molar-refractivity contribution in [1.82, 2.24) is 9.88 Å². The van der Waals surface area contributed by atoms with Gasteiger partial charge in [0, 0.05) is 24.7 Å². The number of halogens is 3. The molecule has 1 amide bonds. The number of carbonyl (C=O) groups is 1. The molecule has 0 aliphatic heterocycles. The molecule has 1 aromatic heterocycles. The van der Waals surface area contributed by atoms with E-state index in [1.807, 2.05) is 13.8 Å². The first-order valence-electron chi connectivity index (χ1n) is 6.45. The Balaban J connectivity index is 2.88. The third-order valence-corrected chi connectivity index (χ3v) is 2.87. The highest BCUT2D eigenvalue weighted by atomic mass is 19.4. The number of hydrogen-bond donors (Lipinski definition) is 0. The van der Waals surface area contributed by atoms with E-state index in [2.05, 4.69) is 4.98 Å². The Labute approximate surface area is 116 Å². The second-order valence-electron chi connectivity index (χ2n) is 5.26. The molecule has 0 saturated heterocycles. The summed E-state index contributed by atoms with van der Waals surface area (Å²) in [6.07, 6.45) is -3.27. The Morgan fingerprint density at radius 2 is 1.85 bits per heavy atom. The normalized spacial score (nSPS) is 12.1. The van der Waals surface area contributed by atoms with Gasteiger partial charge in [-0.3, -0.25) is 9.78 Å². The summed E-state index contributed by atoms with van der Waals surface area (Å²) in [6, 6.07) is 2.28. The maximum atomic E-state index is 12.4. The van der Waals surface area contributed by atoms with Crippen molar-refractivity contribution in [2.24, 2.45) is 5.92 Å². The van der Waals surface area contributed by atoms with Gasteiger partial charge < -0.3 is 4.90 Å².